The fourth-order valence-electron chi connectivity index (χ4n) is 2.30. The van der Waals surface area contributed by atoms with Crippen molar-refractivity contribution in [3.05, 3.63) is 40.0 Å². The molecule has 0 atom stereocenters. The summed E-state index contributed by atoms with van der Waals surface area (Å²) in [6, 6.07) is 11.6. The lowest BCUT2D eigenvalue weighted by molar-refractivity contribution is 0.402. The molecule has 0 fully saturated rings. The summed E-state index contributed by atoms with van der Waals surface area (Å²) < 4.78 is 13.7. The van der Waals surface area contributed by atoms with Crippen molar-refractivity contribution in [2.75, 3.05) is 20.0 Å². The first-order valence-electron chi connectivity index (χ1n) is 6.30. The molecule has 0 amide bonds. The van der Waals surface area contributed by atoms with Crippen LogP contribution in [-0.2, 0) is 0 Å². The van der Waals surface area contributed by atoms with Gasteiger partial charge in [0.15, 0.2) is 0 Å². The molecule has 3 aromatic rings. The summed E-state index contributed by atoms with van der Waals surface area (Å²) in [7, 11) is 3.26. The minimum Gasteiger partial charge on any atom is -0.497 e. The molecule has 2 aromatic carbocycles. The van der Waals surface area contributed by atoms with Gasteiger partial charge in [-0.2, -0.15) is 0 Å². The van der Waals surface area contributed by atoms with E-state index in [9.17, 15) is 0 Å². The minimum atomic E-state index is 0.415. The van der Waals surface area contributed by atoms with Crippen LogP contribution in [0.2, 0.25) is 0 Å². The molecule has 0 saturated carbocycles. The van der Waals surface area contributed by atoms with Crippen LogP contribution in [0.3, 0.4) is 0 Å². The van der Waals surface area contributed by atoms with Crippen molar-refractivity contribution < 1.29 is 9.47 Å². The molecule has 1 aromatic heterocycles. The first kappa shape index (κ1) is 14.0. The molecular formula is C15H14IN3O2. The predicted octanol–water partition coefficient (Wildman–Crippen LogP) is 3.23. The van der Waals surface area contributed by atoms with Crippen LogP contribution in [0.5, 0.6) is 11.5 Å². The van der Waals surface area contributed by atoms with Gasteiger partial charge in [-0.3, -0.25) is 4.57 Å². The molecule has 0 aliphatic rings. The number of ether oxygens (including phenoxy) is 2. The summed E-state index contributed by atoms with van der Waals surface area (Å²) in [6.07, 6.45) is 0. The van der Waals surface area contributed by atoms with Crippen LogP contribution in [0.1, 0.15) is 0 Å². The number of anilines is 1. The number of nitrogens with two attached hydrogens (primary N) is 1. The highest BCUT2D eigenvalue weighted by atomic mass is 127. The summed E-state index contributed by atoms with van der Waals surface area (Å²) in [6.45, 7) is 0. The fourth-order valence-corrected chi connectivity index (χ4v) is 2.77. The monoisotopic (exact) mass is 395 g/mol. The van der Waals surface area contributed by atoms with Gasteiger partial charge in [0, 0.05) is 9.64 Å². The van der Waals surface area contributed by atoms with Crippen molar-refractivity contribution in [1.29, 1.82) is 0 Å². The van der Waals surface area contributed by atoms with Gasteiger partial charge < -0.3 is 15.2 Å². The van der Waals surface area contributed by atoms with E-state index in [2.05, 4.69) is 27.6 Å². The summed E-state index contributed by atoms with van der Waals surface area (Å²) in [4.78, 5) is 4.42. The zero-order valence-corrected chi connectivity index (χ0v) is 13.8. The standard InChI is InChI=1S/C15H14IN3O2/c1-20-10-4-6-14(21-2)13(8-10)19-12-5-3-9(16)7-11(12)18-15(19)17/h3-8H,1-2H3,(H2,17,18). The Morgan fingerprint density at radius 1 is 1.10 bits per heavy atom. The first-order valence-corrected chi connectivity index (χ1v) is 7.38. The smallest absolute Gasteiger partial charge is 0.206 e. The van der Waals surface area contributed by atoms with Gasteiger partial charge in [-0.1, -0.05) is 0 Å². The average molecular weight is 395 g/mol. The maximum Gasteiger partial charge on any atom is 0.206 e. The number of benzene rings is 2. The van der Waals surface area contributed by atoms with E-state index in [0.717, 1.165) is 26.0 Å². The van der Waals surface area contributed by atoms with Gasteiger partial charge in [0.05, 0.1) is 30.9 Å². The summed E-state index contributed by atoms with van der Waals surface area (Å²) in [5.41, 5.74) is 8.69. The molecule has 0 unspecified atom stereocenters. The second-order valence-electron chi connectivity index (χ2n) is 4.48. The van der Waals surface area contributed by atoms with E-state index < -0.39 is 0 Å². The maximum atomic E-state index is 6.10. The number of rotatable bonds is 3. The maximum absolute atomic E-state index is 6.10. The quantitative estimate of drug-likeness (QED) is 0.692. The number of hydrogen-bond donors (Lipinski definition) is 1. The van der Waals surface area contributed by atoms with E-state index in [0.29, 0.717) is 11.7 Å². The van der Waals surface area contributed by atoms with E-state index in [1.807, 2.05) is 41.0 Å². The van der Waals surface area contributed by atoms with Crippen LogP contribution in [0.4, 0.5) is 5.95 Å². The second kappa shape index (κ2) is 5.44. The highest BCUT2D eigenvalue weighted by Gasteiger charge is 2.15. The Hall–Kier alpha value is -1.96. The van der Waals surface area contributed by atoms with Gasteiger partial charge in [-0.15, -0.1) is 0 Å². The lowest BCUT2D eigenvalue weighted by atomic mass is 10.2. The van der Waals surface area contributed by atoms with Crippen molar-refractivity contribution >= 4 is 39.6 Å². The molecule has 5 nitrogen and oxygen atoms in total. The van der Waals surface area contributed by atoms with E-state index in [-0.39, 0.29) is 0 Å². The topological polar surface area (TPSA) is 62.3 Å². The van der Waals surface area contributed by atoms with Crippen molar-refractivity contribution in [3.8, 4) is 17.2 Å². The lowest BCUT2D eigenvalue weighted by Gasteiger charge is -2.13. The number of hydrogen-bond acceptors (Lipinski definition) is 4. The third-order valence-electron chi connectivity index (χ3n) is 3.27. The van der Waals surface area contributed by atoms with E-state index in [1.165, 1.54) is 0 Å². The summed E-state index contributed by atoms with van der Waals surface area (Å²) in [5.74, 6) is 1.86. The molecule has 0 bridgehead atoms. The van der Waals surface area contributed by atoms with Crippen molar-refractivity contribution in [1.82, 2.24) is 9.55 Å². The molecule has 0 aliphatic carbocycles. The summed E-state index contributed by atoms with van der Waals surface area (Å²) in [5, 5.41) is 0. The Balaban J connectivity index is 2.31. The van der Waals surface area contributed by atoms with Crippen LogP contribution < -0.4 is 15.2 Å². The van der Waals surface area contributed by atoms with Gasteiger partial charge in [-0.05, 0) is 52.9 Å². The van der Waals surface area contributed by atoms with Gasteiger partial charge in [0.1, 0.15) is 11.5 Å². The van der Waals surface area contributed by atoms with E-state index >= 15 is 0 Å². The number of nitrogens with zero attached hydrogens (tertiary/aromatic N) is 2. The number of fused-ring (bicyclic) bond motifs is 1. The predicted molar refractivity (Wildman–Crippen MR) is 91.3 cm³/mol. The molecule has 0 aliphatic heterocycles. The highest BCUT2D eigenvalue weighted by molar-refractivity contribution is 14.1. The summed E-state index contributed by atoms with van der Waals surface area (Å²) >= 11 is 2.25. The Labute approximate surface area is 135 Å². The Morgan fingerprint density at radius 2 is 1.90 bits per heavy atom. The van der Waals surface area contributed by atoms with Crippen molar-refractivity contribution in [3.63, 3.8) is 0 Å². The first-order chi connectivity index (χ1) is 10.1. The third-order valence-corrected chi connectivity index (χ3v) is 3.94. The number of methoxy groups -OCH3 is 2. The number of aromatic nitrogens is 2. The molecule has 3 rings (SSSR count). The second-order valence-corrected chi connectivity index (χ2v) is 5.72. The number of imidazole rings is 1. The molecule has 1 heterocycles. The van der Waals surface area contributed by atoms with Crippen molar-refractivity contribution in [2.24, 2.45) is 0 Å². The molecule has 6 heteroatoms. The molecule has 108 valence electrons. The molecule has 0 radical (unpaired) electrons. The van der Waals surface area contributed by atoms with Crippen LogP contribution in [0.25, 0.3) is 16.7 Å². The Morgan fingerprint density at radius 3 is 2.62 bits per heavy atom. The zero-order valence-electron chi connectivity index (χ0n) is 11.6. The minimum absolute atomic E-state index is 0.415. The normalized spacial score (nSPS) is 10.8. The molecule has 21 heavy (non-hydrogen) atoms. The Kier molecular flexibility index (Phi) is 3.62. The third kappa shape index (κ3) is 2.39. The van der Waals surface area contributed by atoms with Crippen LogP contribution in [0, 0.1) is 3.57 Å². The van der Waals surface area contributed by atoms with Gasteiger partial charge in [0.25, 0.3) is 0 Å². The molecule has 0 spiro atoms. The largest absolute Gasteiger partial charge is 0.497 e. The average Bonchev–Trinajstić information content (AvgIpc) is 2.81. The van der Waals surface area contributed by atoms with E-state index in [4.69, 9.17) is 15.2 Å². The Bertz CT molecular complexity index is 814. The zero-order chi connectivity index (χ0) is 15.0. The highest BCUT2D eigenvalue weighted by Crippen LogP contribution is 2.32. The van der Waals surface area contributed by atoms with Crippen LogP contribution >= 0.6 is 22.6 Å². The van der Waals surface area contributed by atoms with Gasteiger partial charge >= 0.3 is 0 Å². The van der Waals surface area contributed by atoms with Crippen LogP contribution in [0.15, 0.2) is 36.4 Å². The van der Waals surface area contributed by atoms with Crippen molar-refractivity contribution in [2.45, 2.75) is 0 Å². The van der Waals surface area contributed by atoms with Crippen LogP contribution in [-0.4, -0.2) is 23.8 Å². The molecule has 2 N–H and O–H groups in total. The molecular weight excluding hydrogens is 381 g/mol. The van der Waals surface area contributed by atoms with Gasteiger partial charge in [-0.25, -0.2) is 4.98 Å². The SMILES string of the molecule is COc1ccc(OC)c(-n2c(N)nc3cc(I)ccc32)c1. The van der Waals surface area contributed by atoms with Gasteiger partial charge in [0.2, 0.25) is 5.95 Å². The number of halogens is 1. The number of nitrogen functional groups attached to an aromatic ring is 1. The lowest BCUT2D eigenvalue weighted by Crippen LogP contribution is -2.03. The fraction of sp³-hybridized carbons (Fsp3) is 0.133. The van der Waals surface area contributed by atoms with E-state index in [1.54, 1.807) is 14.2 Å². The molecule has 0 saturated heterocycles.